The van der Waals surface area contributed by atoms with Crippen molar-refractivity contribution in [2.75, 3.05) is 0 Å². The number of fused-ring (bicyclic) bond motifs is 1. The lowest BCUT2D eigenvalue weighted by Crippen LogP contribution is -2.04. The van der Waals surface area contributed by atoms with Crippen molar-refractivity contribution < 1.29 is 0 Å². The minimum absolute atomic E-state index is 0.387. The van der Waals surface area contributed by atoms with Gasteiger partial charge in [-0.15, -0.1) is 0 Å². The van der Waals surface area contributed by atoms with Gasteiger partial charge in [-0.25, -0.2) is 9.97 Å². The van der Waals surface area contributed by atoms with Crippen LogP contribution in [-0.4, -0.2) is 21.4 Å². The Balaban J connectivity index is 1.78. The molecule has 4 heteroatoms. The third-order valence-electron chi connectivity index (χ3n) is 7.54. The highest BCUT2D eigenvalue weighted by molar-refractivity contribution is 6.02. The first-order chi connectivity index (χ1) is 19.0. The molecule has 0 saturated carbocycles. The molecule has 208 valence electrons. The highest BCUT2D eigenvalue weighted by atomic mass is 14.9. The fourth-order valence-corrected chi connectivity index (χ4v) is 5.13. The molecule has 4 nitrogen and oxygen atoms in total. The predicted octanol–water partition coefficient (Wildman–Crippen LogP) is 10.4. The summed E-state index contributed by atoms with van der Waals surface area (Å²) >= 11 is 0. The van der Waals surface area contributed by atoms with Crippen LogP contribution in [0.25, 0.3) is 11.0 Å². The molecule has 0 spiro atoms. The van der Waals surface area contributed by atoms with E-state index in [2.05, 4.69) is 104 Å². The van der Waals surface area contributed by atoms with Crippen LogP contribution >= 0.6 is 0 Å². The van der Waals surface area contributed by atoms with Crippen LogP contribution < -0.4 is 0 Å². The molecule has 0 amide bonds. The minimum atomic E-state index is 0.387. The molecule has 40 heavy (non-hydrogen) atoms. The van der Waals surface area contributed by atoms with E-state index in [-0.39, 0.29) is 0 Å². The highest BCUT2D eigenvalue weighted by Crippen LogP contribution is 2.36. The van der Waals surface area contributed by atoms with Crippen molar-refractivity contribution in [3.05, 3.63) is 94.3 Å². The van der Waals surface area contributed by atoms with E-state index in [0.29, 0.717) is 29.3 Å². The third-order valence-corrected chi connectivity index (χ3v) is 7.54. The molecule has 0 unspecified atom stereocenters. The lowest BCUT2D eigenvalue weighted by atomic mass is 9.93. The molecule has 0 bridgehead atoms. The summed E-state index contributed by atoms with van der Waals surface area (Å²) in [5.41, 5.74) is 11.4. The number of pyridine rings is 2. The molecule has 2 aromatic heterocycles. The number of hydrogen-bond donors (Lipinski definition) is 0. The quantitative estimate of drug-likeness (QED) is 0.212. The van der Waals surface area contributed by atoms with E-state index in [4.69, 9.17) is 20.0 Å². The largest absolute Gasteiger partial charge is 0.251 e. The maximum absolute atomic E-state index is 5.15. The summed E-state index contributed by atoms with van der Waals surface area (Å²) in [6, 6.07) is 21.3. The van der Waals surface area contributed by atoms with Gasteiger partial charge in [0.25, 0.3) is 0 Å². The topological polar surface area (TPSA) is 50.5 Å². The van der Waals surface area contributed by atoms with Gasteiger partial charge in [-0.3, -0.25) is 9.98 Å². The van der Waals surface area contributed by atoms with Crippen molar-refractivity contribution >= 4 is 33.8 Å². The number of benzene rings is 2. The Kier molecular flexibility index (Phi) is 8.98. The van der Waals surface area contributed by atoms with Crippen molar-refractivity contribution in [3.63, 3.8) is 0 Å². The van der Waals surface area contributed by atoms with Crippen LogP contribution in [0.5, 0.6) is 0 Å². The smallest absolute Gasteiger partial charge is 0.160 e. The van der Waals surface area contributed by atoms with Crippen LogP contribution in [0.3, 0.4) is 0 Å². The molecule has 0 N–H and O–H groups in total. The van der Waals surface area contributed by atoms with Gasteiger partial charge < -0.3 is 0 Å². The van der Waals surface area contributed by atoms with Gasteiger partial charge in [0, 0.05) is 5.39 Å². The molecule has 2 heterocycles. The van der Waals surface area contributed by atoms with E-state index in [1.54, 1.807) is 0 Å². The zero-order valence-corrected chi connectivity index (χ0v) is 25.9. The Morgan fingerprint density at radius 3 is 1.12 bits per heavy atom. The number of nitrogens with zero attached hydrogens (tertiary/aromatic N) is 4. The Bertz CT molecular complexity index is 1400. The van der Waals surface area contributed by atoms with Gasteiger partial charge in [0.05, 0.1) is 34.2 Å². The number of aromatic nitrogens is 2. The third kappa shape index (κ3) is 6.22. The average Bonchev–Trinajstić information content (AvgIpc) is 2.91. The second-order valence-electron chi connectivity index (χ2n) is 12.0. The van der Waals surface area contributed by atoms with Crippen molar-refractivity contribution in [2.45, 2.75) is 92.9 Å². The molecule has 0 atom stereocenters. The van der Waals surface area contributed by atoms with E-state index in [1.807, 2.05) is 26.0 Å². The minimum Gasteiger partial charge on any atom is -0.251 e. The van der Waals surface area contributed by atoms with Gasteiger partial charge in [0.2, 0.25) is 0 Å². The molecule has 4 rings (SSSR count). The number of hydrogen-bond acceptors (Lipinski definition) is 4. The van der Waals surface area contributed by atoms with Crippen molar-refractivity contribution in [3.8, 4) is 0 Å². The predicted molar refractivity (Wildman–Crippen MR) is 173 cm³/mol. The fourth-order valence-electron chi connectivity index (χ4n) is 5.13. The molecular formula is C36H44N4. The Morgan fingerprint density at radius 2 is 0.825 bits per heavy atom. The Labute approximate surface area is 240 Å². The second kappa shape index (κ2) is 12.2. The second-order valence-corrected chi connectivity index (χ2v) is 12.0. The molecule has 0 aliphatic heterocycles. The van der Waals surface area contributed by atoms with E-state index in [1.165, 1.54) is 22.3 Å². The molecule has 4 aromatic rings. The molecule has 0 aliphatic carbocycles. The number of rotatable bonds is 8. The van der Waals surface area contributed by atoms with Gasteiger partial charge in [-0.2, -0.15) is 0 Å². The first-order valence-electron chi connectivity index (χ1n) is 14.6. The molecular weight excluding hydrogens is 488 g/mol. The van der Waals surface area contributed by atoms with Crippen LogP contribution in [0.4, 0.5) is 11.4 Å². The maximum atomic E-state index is 5.15. The SMILES string of the molecule is CC(=Nc1c(C(C)C)cccc1C(C)C)c1ccc2ccc(C(C)=Nc3c(C(C)C)cccc3C(C)C)nc2n1. The lowest BCUT2D eigenvalue weighted by Gasteiger charge is -2.17. The van der Waals surface area contributed by atoms with Crippen LogP contribution in [0.2, 0.25) is 0 Å². The first-order valence-corrected chi connectivity index (χ1v) is 14.6. The summed E-state index contributed by atoms with van der Waals surface area (Å²) in [6.45, 7) is 21.9. The summed E-state index contributed by atoms with van der Waals surface area (Å²) in [6.07, 6.45) is 0. The van der Waals surface area contributed by atoms with Gasteiger partial charge in [0.15, 0.2) is 5.65 Å². The van der Waals surface area contributed by atoms with Crippen molar-refractivity contribution in [1.82, 2.24) is 9.97 Å². The maximum Gasteiger partial charge on any atom is 0.160 e. The standard InChI is InChI=1S/C36H44N4/c1-21(2)28-13-11-14-29(22(3)4)34(28)37-25(9)32-19-17-27-18-20-33(40-36(27)39-32)26(10)38-35-30(23(5)6)15-12-16-31(35)24(7)8/h11-24H,1-10H3. The average molecular weight is 533 g/mol. The van der Waals surface area contributed by atoms with Gasteiger partial charge in [0.1, 0.15) is 0 Å². The van der Waals surface area contributed by atoms with Crippen LogP contribution in [0.15, 0.2) is 70.6 Å². The summed E-state index contributed by atoms with van der Waals surface area (Å²) in [7, 11) is 0. The van der Waals surface area contributed by atoms with E-state index in [0.717, 1.165) is 39.6 Å². The summed E-state index contributed by atoms with van der Waals surface area (Å²) in [5, 5.41) is 1.00. The van der Waals surface area contributed by atoms with Crippen molar-refractivity contribution in [2.24, 2.45) is 9.98 Å². The van der Waals surface area contributed by atoms with Gasteiger partial charge >= 0.3 is 0 Å². The van der Waals surface area contributed by atoms with E-state index in [9.17, 15) is 0 Å². The van der Waals surface area contributed by atoms with Crippen molar-refractivity contribution in [1.29, 1.82) is 0 Å². The lowest BCUT2D eigenvalue weighted by molar-refractivity contribution is 0.834. The van der Waals surface area contributed by atoms with Gasteiger partial charge in [-0.05, 0) is 84.0 Å². The molecule has 0 fully saturated rings. The van der Waals surface area contributed by atoms with Crippen LogP contribution in [0, 0.1) is 0 Å². The van der Waals surface area contributed by atoms with E-state index >= 15 is 0 Å². The molecule has 2 aromatic carbocycles. The molecule has 0 aliphatic rings. The number of aliphatic imine (C=N–C) groups is 2. The Morgan fingerprint density at radius 1 is 0.500 bits per heavy atom. The van der Waals surface area contributed by atoms with Gasteiger partial charge in [-0.1, -0.05) is 91.8 Å². The summed E-state index contributed by atoms with van der Waals surface area (Å²) < 4.78 is 0. The zero-order chi connectivity index (χ0) is 29.1. The summed E-state index contributed by atoms with van der Waals surface area (Å²) in [4.78, 5) is 20.2. The normalized spacial score (nSPS) is 12.9. The molecule has 0 saturated heterocycles. The van der Waals surface area contributed by atoms with E-state index < -0.39 is 0 Å². The first kappa shape index (κ1) is 29.3. The Hall–Kier alpha value is -3.66. The van der Waals surface area contributed by atoms with Crippen LogP contribution in [0.1, 0.15) is 127 Å². The molecule has 0 radical (unpaired) electrons. The number of para-hydroxylation sites is 2. The fraction of sp³-hybridized carbons (Fsp3) is 0.389. The zero-order valence-electron chi connectivity index (χ0n) is 25.9. The van der Waals surface area contributed by atoms with Crippen LogP contribution in [-0.2, 0) is 0 Å². The summed E-state index contributed by atoms with van der Waals surface area (Å²) in [5.74, 6) is 1.55. The highest BCUT2D eigenvalue weighted by Gasteiger charge is 2.16. The monoisotopic (exact) mass is 532 g/mol.